The fraction of sp³-hybridized carbons (Fsp3) is 0.542. The van der Waals surface area contributed by atoms with Crippen molar-refractivity contribution in [2.75, 3.05) is 19.8 Å². The first-order valence-corrected chi connectivity index (χ1v) is 10.4. The van der Waals surface area contributed by atoms with Gasteiger partial charge in [0, 0.05) is 35.9 Å². The molecule has 1 aromatic rings. The Morgan fingerprint density at radius 2 is 1.83 bits per heavy atom. The normalized spacial score (nSPS) is 23.5. The van der Waals surface area contributed by atoms with E-state index in [0.29, 0.717) is 30.9 Å². The maximum absolute atomic E-state index is 13.2. The minimum Gasteiger partial charge on any atom is -0.463 e. The molecule has 5 heteroatoms. The number of rotatable bonds is 6. The molecule has 1 aliphatic carbocycles. The van der Waals surface area contributed by atoms with Gasteiger partial charge in [-0.15, -0.1) is 0 Å². The number of hydrogen-bond donors (Lipinski definition) is 0. The van der Waals surface area contributed by atoms with Crippen molar-refractivity contribution in [3.63, 3.8) is 0 Å². The second-order valence-corrected chi connectivity index (χ2v) is 8.78. The second-order valence-electron chi connectivity index (χ2n) is 8.78. The molecule has 1 aromatic carbocycles. The van der Waals surface area contributed by atoms with Crippen LogP contribution in [0.1, 0.15) is 57.6 Å². The van der Waals surface area contributed by atoms with Crippen molar-refractivity contribution in [3.8, 4) is 0 Å². The van der Waals surface area contributed by atoms with E-state index in [1.54, 1.807) is 0 Å². The van der Waals surface area contributed by atoms with Crippen LogP contribution in [-0.2, 0) is 19.1 Å². The first kappa shape index (κ1) is 21.4. The van der Waals surface area contributed by atoms with Crippen LogP contribution in [0.25, 0.3) is 0 Å². The number of allylic oxidation sites excluding steroid dienone is 2. The summed E-state index contributed by atoms with van der Waals surface area (Å²) >= 11 is 0. The van der Waals surface area contributed by atoms with Crippen LogP contribution in [0.5, 0.6) is 0 Å². The number of carbonyl (C=O) groups is 2. The number of aryl methyl sites for hydroxylation is 1. The van der Waals surface area contributed by atoms with Gasteiger partial charge in [0.05, 0.1) is 6.61 Å². The Balaban J connectivity index is 2.01. The predicted octanol–water partition coefficient (Wildman–Crippen LogP) is 4.39. The zero-order chi connectivity index (χ0) is 21.2. The van der Waals surface area contributed by atoms with E-state index in [1.165, 1.54) is 0 Å². The van der Waals surface area contributed by atoms with Crippen LogP contribution in [-0.4, -0.2) is 37.3 Å². The summed E-state index contributed by atoms with van der Waals surface area (Å²) < 4.78 is 10.8. The van der Waals surface area contributed by atoms with Crippen molar-refractivity contribution in [1.82, 2.24) is 0 Å². The summed E-state index contributed by atoms with van der Waals surface area (Å²) in [5.41, 5.74) is 4.19. The zero-order valence-electron chi connectivity index (χ0n) is 18.1. The van der Waals surface area contributed by atoms with Gasteiger partial charge < -0.3 is 9.47 Å². The van der Waals surface area contributed by atoms with Gasteiger partial charge in [-0.2, -0.15) is 0 Å². The first-order valence-electron chi connectivity index (χ1n) is 10.4. The fourth-order valence-electron chi connectivity index (χ4n) is 4.32. The quantitative estimate of drug-likeness (QED) is 0.527. The number of hydrogen-bond acceptors (Lipinski definition) is 5. The molecule has 2 aliphatic rings. The van der Waals surface area contributed by atoms with Crippen LogP contribution in [0.4, 0.5) is 0 Å². The lowest BCUT2D eigenvalue weighted by molar-refractivity contribution is -0.148. The monoisotopic (exact) mass is 397 g/mol. The maximum Gasteiger partial charge on any atom is 0.315 e. The van der Waals surface area contributed by atoms with E-state index in [9.17, 15) is 9.59 Å². The third-order valence-electron chi connectivity index (χ3n) is 5.67. The van der Waals surface area contributed by atoms with Crippen molar-refractivity contribution < 1.29 is 19.1 Å². The van der Waals surface area contributed by atoms with Gasteiger partial charge in [-0.05, 0) is 38.2 Å². The minimum atomic E-state index is -0.594. The fourth-order valence-corrected chi connectivity index (χ4v) is 4.32. The molecule has 2 atom stereocenters. The van der Waals surface area contributed by atoms with Crippen LogP contribution >= 0.6 is 0 Å². The highest BCUT2D eigenvalue weighted by Gasteiger charge is 2.45. The van der Waals surface area contributed by atoms with Crippen LogP contribution < -0.4 is 0 Å². The Labute approximate surface area is 173 Å². The molecule has 3 rings (SSSR count). The van der Waals surface area contributed by atoms with Crippen molar-refractivity contribution >= 4 is 17.5 Å². The van der Waals surface area contributed by atoms with Gasteiger partial charge in [0.1, 0.15) is 12.5 Å². The highest BCUT2D eigenvalue weighted by Crippen LogP contribution is 2.47. The Morgan fingerprint density at radius 1 is 1.14 bits per heavy atom. The summed E-state index contributed by atoms with van der Waals surface area (Å²) in [7, 11) is 0. The zero-order valence-corrected chi connectivity index (χ0v) is 18.1. The summed E-state index contributed by atoms with van der Waals surface area (Å²) in [6.45, 7) is 11.1. The molecule has 0 saturated heterocycles. The summed E-state index contributed by atoms with van der Waals surface area (Å²) in [6, 6.07) is 8.06. The van der Waals surface area contributed by atoms with Crippen LogP contribution in [0.15, 0.2) is 40.5 Å². The Hall–Kier alpha value is -2.27. The average molecular weight is 398 g/mol. The second kappa shape index (κ2) is 8.62. The lowest BCUT2D eigenvalue weighted by Crippen LogP contribution is -2.39. The molecule has 0 spiro atoms. The van der Waals surface area contributed by atoms with Gasteiger partial charge in [-0.3, -0.25) is 14.6 Å². The van der Waals surface area contributed by atoms with Crippen molar-refractivity contribution in [1.29, 1.82) is 0 Å². The molecule has 0 saturated carbocycles. The molecule has 1 heterocycles. The molecule has 0 bridgehead atoms. The summed E-state index contributed by atoms with van der Waals surface area (Å²) in [5, 5.41) is 0. The maximum atomic E-state index is 13.2. The lowest BCUT2D eigenvalue weighted by atomic mass is 9.67. The van der Waals surface area contributed by atoms with E-state index in [2.05, 4.69) is 13.8 Å². The molecule has 0 aromatic heterocycles. The van der Waals surface area contributed by atoms with Crippen LogP contribution in [0.3, 0.4) is 0 Å². The predicted molar refractivity (Wildman–Crippen MR) is 113 cm³/mol. The number of Topliss-reactive ketones (excluding diaryl/α,β-unsaturated/α-hetero) is 1. The Bertz CT molecular complexity index is 848. The number of aliphatic imine (C=N–C) groups is 1. The third kappa shape index (κ3) is 4.67. The number of benzene rings is 1. The molecule has 5 nitrogen and oxygen atoms in total. The van der Waals surface area contributed by atoms with E-state index in [4.69, 9.17) is 14.5 Å². The molecule has 156 valence electrons. The average Bonchev–Trinajstić information content (AvgIpc) is 2.63. The minimum absolute atomic E-state index is 0.0881. The summed E-state index contributed by atoms with van der Waals surface area (Å²) in [6.07, 6.45) is 1.20. The third-order valence-corrected chi connectivity index (χ3v) is 5.67. The molecule has 1 unspecified atom stereocenters. The molecular formula is C24H31NO4. The van der Waals surface area contributed by atoms with E-state index in [0.717, 1.165) is 23.2 Å². The number of carbonyl (C=O) groups excluding carboxylic acids is 2. The van der Waals surface area contributed by atoms with Crippen LogP contribution in [0, 0.1) is 18.3 Å². The van der Waals surface area contributed by atoms with Gasteiger partial charge in [-0.25, -0.2) is 0 Å². The van der Waals surface area contributed by atoms with E-state index in [-0.39, 0.29) is 29.7 Å². The van der Waals surface area contributed by atoms with Gasteiger partial charge in [-0.1, -0.05) is 43.7 Å². The standard InChI is InChI=1S/C24H31NO4/c1-6-28-11-12-29-23(27)20-16(3)25-18-13-24(4,5)14-19(26)22(18)21(20)17-9-7-15(2)8-10-17/h7-10,20-21H,6,11-14H2,1-5H3/t20?,21-/m0/s1. The molecular weight excluding hydrogens is 366 g/mol. The van der Waals surface area contributed by atoms with Gasteiger partial charge >= 0.3 is 5.97 Å². The molecule has 0 N–H and O–H groups in total. The van der Waals surface area contributed by atoms with Crippen molar-refractivity contribution in [2.24, 2.45) is 16.3 Å². The largest absolute Gasteiger partial charge is 0.463 e. The summed E-state index contributed by atoms with van der Waals surface area (Å²) in [4.78, 5) is 30.9. The SMILES string of the molecule is CCOCCOC(=O)C1C(C)=NC2=C(C(=O)CC(C)(C)C2)[C@H]1c1ccc(C)cc1. The highest BCUT2D eigenvalue weighted by molar-refractivity contribution is 6.09. The first-order chi connectivity index (χ1) is 13.7. The smallest absolute Gasteiger partial charge is 0.315 e. The topological polar surface area (TPSA) is 65.0 Å². The molecule has 1 aliphatic heterocycles. The van der Waals surface area contributed by atoms with Gasteiger partial charge in [0.2, 0.25) is 0 Å². The number of esters is 1. The van der Waals surface area contributed by atoms with Crippen molar-refractivity contribution in [2.45, 2.75) is 53.4 Å². The Morgan fingerprint density at radius 3 is 2.48 bits per heavy atom. The number of ether oxygens (including phenoxy) is 2. The van der Waals surface area contributed by atoms with Crippen LogP contribution in [0.2, 0.25) is 0 Å². The van der Waals surface area contributed by atoms with Gasteiger partial charge in [0.15, 0.2) is 5.78 Å². The lowest BCUT2D eigenvalue weighted by Gasteiger charge is -2.39. The molecule has 0 fully saturated rings. The van der Waals surface area contributed by atoms with Gasteiger partial charge in [0.25, 0.3) is 0 Å². The number of ketones is 1. The molecule has 0 radical (unpaired) electrons. The molecule has 0 amide bonds. The van der Waals surface area contributed by atoms with E-state index >= 15 is 0 Å². The highest BCUT2D eigenvalue weighted by atomic mass is 16.6. The molecule has 29 heavy (non-hydrogen) atoms. The van der Waals surface area contributed by atoms with E-state index < -0.39 is 5.92 Å². The Kier molecular flexibility index (Phi) is 6.37. The number of nitrogens with zero attached hydrogens (tertiary/aromatic N) is 1. The van der Waals surface area contributed by atoms with Crippen molar-refractivity contribution in [3.05, 3.63) is 46.7 Å². The summed E-state index contributed by atoms with van der Waals surface area (Å²) in [5.74, 6) is -1.21. The van der Waals surface area contributed by atoms with E-state index in [1.807, 2.05) is 45.0 Å².